The Bertz CT molecular complexity index is 1130. The van der Waals surface area contributed by atoms with E-state index in [4.69, 9.17) is 9.47 Å². The molecule has 0 saturated carbocycles. The number of carbonyl (C=O) groups excluding carboxylic acids is 2. The van der Waals surface area contributed by atoms with Crippen molar-refractivity contribution < 1.29 is 19.1 Å². The van der Waals surface area contributed by atoms with Gasteiger partial charge in [-0.25, -0.2) is 4.79 Å². The summed E-state index contributed by atoms with van der Waals surface area (Å²) in [5, 5.41) is 0.947. The Labute approximate surface area is 195 Å². The second kappa shape index (κ2) is 9.40. The number of benzene rings is 2. The molecular weight excluding hydrogens is 416 g/mol. The van der Waals surface area contributed by atoms with Crippen LogP contribution in [0.5, 0.6) is 0 Å². The molecule has 0 aliphatic carbocycles. The third-order valence-electron chi connectivity index (χ3n) is 6.12. The molecule has 1 aliphatic rings. The Morgan fingerprint density at radius 2 is 1.73 bits per heavy atom. The summed E-state index contributed by atoms with van der Waals surface area (Å²) in [7, 11) is 1.44. The van der Waals surface area contributed by atoms with E-state index < -0.39 is 11.7 Å². The first-order chi connectivity index (χ1) is 15.8. The summed E-state index contributed by atoms with van der Waals surface area (Å²) in [4.78, 5) is 28.3. The second-order valence-corrected chi connectivity index (χ2v) is 9.62. The second-order valence-electron chi connectivity index (χ2n) is 9.62. The molecule has 0 N–H and O–H groups in total. The predicted molar refractivity (Wildman–Crippen MR) is 128 cm³/mol. The van der Waals surface area contributed by atoms with Crippen LogP contribution in [0.3, 0.4) is 0 Å². The van der Waals surface area contributed by atoms with Gasteiger partial charge in [0.1, 0.15) is 5.60 Å². The highest BCUT2D eigenvalue weighted by Crippen LogP contribution is 2.41. The van der Waals surface area contributed by atoms with Gasteiger partial charge in [-0.15, -0.1) is 0 Å². The summed E-state index contributed by atoms with van der Waals surface area (Å²) < 4.78 is 12.4. The number of carbonyl (C=O) groups is 2. The normalized spacial score (nSPS) is 19.4. The van der Waals surface area contributed by atoms with E-state index in [1.165, 1.54) is 12.7 Å². The molecule has 174 valence electrons. The molecule has 1 fully saturated rings. The molecule has 2 aromatic carbocycles. The van der Waals surface area contributed by atoms with Crippen molar-refractivity contribution in [3.63, 3.8) is 0 Å². The zero-order valence-corrected chi connectivity index (χ0v) is 19.8. The molecule has 2 heterocycles. The van der Waals surface area contributed by atoms with Gasteiger partial charge in [0.2, 0.25) is 0 Å². The molecule has 6 heteroatoms. The first-order valence-corrected chi connectivity index (χ1v) is 11.5. The molecule has 1 saturated heterocycles. The molecule has 3 aromatic rings. The summed E-state index contributed by atoms with van der Waals surface area (Å²) in [5.74, 6) is -0.530. The van der Waals surface area contributed by atoms with E-state index in [9.17, 15) is 9.59 Å². The lowest BCUT2D eigenvalue weighted by atomic mass is 9.84. The van der Waals surface area contributed by atoms with Crippen LogP contribution in [0, 0.1) is 5.92 Å². The maximum Gasteiger partial charge on any atom is 0.419 e. The largest absolute Gasteiger partial charge is 0.469 e. The number of hydrogen-bond acceptors (Lipinski definition) is 5. The Kier molecular flexibility index (Phi) is 6.56. The van der Waals surface area contributed by atoms with Crippen LogP contribution in [0.1, 0.15) is 50.8 Å². The summed E-state index contributed by atoms with van der Waals surface area (Å²) in [6.07, 6.45) is 3.08. The lowest BCUT2D eigenvalue weighted by molar-refractivity contribution is -0.150. The highest BCUT2D eigenvalue weighted by atomic mass is 16.6. The van der Waals surface area contributed by atoms with Crippen LogP contribution < -0.4 is 0 Å². The van der Waals surface area contributed by atoms with Gasteiger partial charge in [-0.05, 0) is 57.4 Å². The lowest BCUT2D eigenvalue weighted by Gasteiger charge is -2.40. The number of aromatic nitrogens is 1. The third kappa shape index (κ3) is 4.96. The van der Waals surface area contributed by atoms with Crippen molar-refractivity contribution in [2.24, 2.45) is 5.92 Å². The summed E-state index contributed by atoms with van der Waals surface area (Å²) in [6.45, 7) is 7.14. The monoisotopic (exact) mass is 448 g/mol. The van der Waals surface area contributed by atoms with Crippen LogP contribution in [0.4, 0.5) is 4.79 Å². The van der Waals surface area contributed by atoms with E-state index >= 15 is 0 Å². The van der Waals surface area contributed by atoms with Gasteiger partial charge >= 0.3 is 12.1 Å². The Morgan fingerprint density at radius 1 is 1.03 bits per heavy atom. The number of likely N-dealkylation sites (tertiary alicyclic amines) is 1. The molecule has 33 heavy (non-hydrogen) atoms. The fraction of sp³-hybridized carbons (Fsp3) is 0.407. The summed E-state index contributed by atoms with van der Waals surface area (Å²) >= 11 is 0. The quantitative estimate of drug-likeness (QED) is 0.490. The van der Waals surface area contributed by atoms with Crippen LogP contribution in [0.25, 0.3) is 10.9 Å². The Hall–Kier alpha value is -3.12. The molecule has 1 aromatic heterocycles. The minimum Gasteiger partial charge on any atom is -0.469 e. The van der Waals surface area contributed by atoms with Crippen molar-refractivity contribution in [3.05, 3.63) is 71.9 Å². The molecule has 0 spiro atoms. The van der Waals surface area contributed by atoms with Gasteiger partial charge in [0.25, 0.3) is 0 Å². The molecule has 0 radical (unpaired) electrons. The van der Waals surface area contributed by atoms with E-state index in [1.807, 2.05) is 69.4 Å². The van der Waals surface area contributed by atoms with E-state index in [0.717, 1.165) is 35.9 Å². The Balaban J connectivity index is 1.82. The van der Waals surface area contributed by atoms with Gasteiger partial charge in [-0.2, -0.15) is 0 Å². The van der Waals surface area contributed by atoms with E-state index in [0.29, 0.717) is 6.54 Å². The van der Waals surface area contributed by atoms with Crippen LogP contribution in [0.2, 0.25) is 0 Å². The molecule has 6 nitrogen and oxygen atoms in total. The van der Waals surface area contributed by atoms with E-state index in [1.54, 1.807) is 4.57 Å². The molecule has 4 rings (SSSR count). The number of esters is 1. The molecule has 1 aliphatic heterocycles. The number of ether oxygens (including phenoxy) is 2. The van der Waals surface area contributed by atoms with Gasteiger partial charge in [-0.3, -0.25) is 14.3 Å². The van der Waals surface area contributed by atoms with Crippen LogP contribution >= 0.6 is 0 Å². The van der Waals surface area contributed by atoms with Crippen LogP contribution in [-0.2, 0) is 20.8 Å². The predicted octanol–water partition coefficient (Wildman–Crippen LogP) is 5.55. The fourth-order valence-corrected chi connectivity index (χ4v) is 4.78. The van der Waals surface area contributed by atoms with Crippen molar-refractivity contribution in [1.29, 1.82) is 0 Å². The van der Waals surface area contributed by atoms with Gasteiger partial charge in [0, 0.05) is 18.1 Å². The Morgan fingerprint density at radius 3 is 2.42 bits per heavy atom. The highest BCUT2D eigenvalue weighted by molar-refractivity contribution is 5.93. The number of hydrogen-bond donors (Lipinski definition) is 0. The molecule has 0 unspecified atom stereocenters. The summed E-state index contributed by atoms with van der Waals surface area (Å²) in [5.41, 5.74) is 2.29. The summed E-state index contributed by atoms with van der Waals surface area (Å²) in [6, 6.07) is 17.8. The number of fused-ring (bicyclic) bond motifs is 1. The van der Waals surface area contributed by atoms with E-state index in [-0.39, 0.29) is 17.9 Å². The number of piperidine rings is 1. The molecule has 0 bridgehead atoms. The SMILES string of the molecule is COC(=O)[C@H]1CCCN(Cc2ccccc2)[C@H]1c1cn(C(=O)OC(C)(C)C)c2ccccc12. The van der Waals surface area contributed by atoms with Gasteiger partial charge < -0.3 is 9.47 Å². The first-order valence-electron chi connectivity index (χ1n) is 11.5. The molecular formula is C27H32N2O4. The van der Waals surface area contributed by atoms with Crippen molar-refractivity contribution in [2.45, 2.75) is 51.8 Å². The van der Waals surface area contributed by atoms with Gasteiger partial charge in [0.05, 0.1) is 24.6 Å². The smallest absolute Gasteiger partial charge is 0.419 e. The first kappa shape index (κ1) is 23.1. The average Bonchev–Trinajstić information content (AvgIpc) is 3.17. The minimum atomic E-state index is -0.610. The number of para-hydroxylation sites is 1. The van der Waals surface area contributed by atoms with Crippen molar-refractivity contribution in [1.82, 2.24) is 9.47 Å². The average molecular weight is 449 g/mol. The standard InChI is InChI=1S/C27H32N2O4/c1-27(2,3)33-26(31)29-18-22(20-13-8-9-15-23(20)29)24-21(25(30)32-4)14-10-16-28(24)17-19-11-6-5-7-12-19/h5-9,11-13,15,18,21,24H,10,14,16-17H2,1-4H3/t21-,24+/m0/s1. The molecule has 2 atom stereocenters. The van der Waals surface area contributed by atoms with Gasteiger partial charge in [-0.1, -0.05) is 48.5 Å². The number of rotatable bonds is 4. The minimum absolute atomic E-state index is 0.208. The fourth-order valence-electron chi connectivity index (χ4n) is 4.78. The number of nitrogens with zero attached hydrogens (tertiary/aromatic N) is 2. The topological polar surface area (TPSA) is 60.8 Å². The van der Waals surface area contributed by atoms with Crippen LogP contribution in [-0.4, -0.2) is 40.8 Å². The zero-order valence-electron chi connectivity index (χ0n) is 19.8. The highest BCUT2D eigenvalue weighted by Gasteiger charge is 2.39. The third-order valence-corrected chi connectivity index (χ3v) is 6.12. The van der Waals surface area contributed by atoms with Gasteiger partial charge in [0.15, 0.2) is 0 Å². The van der Waals surface area contributed by atoms with Crippen LogP contribution in [0.15, 0.2) is 60.8 Å². The number of methoxy groups -OCH3 is 1. The molecule has 0 amide bonds. The van der Waals surface area contributed by atoms with Crippen molar-refractivity contribution in [2.75, 3.05) is 13.7 Å². The lowest BCUT2D eigenvalue weighted by Crippen LogP contribution is -2.41. The maximum atomic E-state index is 13.1. The zero-order chi connectivity index (χ0) is 23.6. The maximum absolute atomic E-state index is 13.1. The van der Waals surface area contributed by atoms with Crippen molar-refractivity contribution in [3.8, 4) is 0 Å². The van der Waals surface area contributed by atoms with E-state index in [2.05, 4.69) is 17.0 Å². The van der Waals surface area contributed by atoms with Crippen molar-refractivity contribution >= 4 is 23.0 Å².